The van der Waals surface area contributed by atoms with E-state index in [9.17, 15) is 14.4 Å². The van der Waals surface area contributed by atoms with Crippen molar-refractivity contribution >= 4 is 22.9 Å². The molecule has 0 spiro atoms. The van der Waals surface area contributed by atoms with Gasteiger partial charge in [-0.05, 0) is 25.1 Å². The van der Waals surface area contributed by atoms with Crippen LogP contribution in [0.15, 0.2) is 44.2 Å². The number of hydrogen-bond donors (Lipinski definition) is 0. The number of esters is 2. The summed E-state index contributed by atoms with van der Waals surface area (Å²) in [6.07, 6.45) is 1.28. The Hall–Kier alpha value is -3.35. The van der Waals surface area contributed by atoms with E-state index < -0.39 is 11.9 Å². The van der Waals surface area contributed by atoms with Crippen molar-refractivity contribution in [1.82, 2.24) is 0 Å². The van der Waals surface area contributed by atoms with E-state index in [4.69, 9.17) is 13.6 Å². The Balaban J connectivity index is 2.11. The summed E-state index contributed by atoms with van der Waals surface area (Å²) >= 11 is 0. The summed E-state index contributed by atoms with van der Waals surface area (Å²) in [6.45, 7) is 2.92. The van der Waals surface area contributed by atoms with E-state index in [-0.39, 0.29) is 28.1 Å². The number of methoxy groups -OCH3 is 1. The lowest BCUT2D eigenvalue weighted by atomic mass is 10.1. The van der Waals surface area contributed by atoms with Gasteiger partial charge in [-0.2, -0.15) is 0 Å². The topological polar surface area (TPSA) is 96.0 Å². The van der Waals surface area contributed by atoms with Gasteiger partial charge in [0.25, 0.3) is 0 Å². The van der Waals surface area contributed by atoms with Crippen LogP contribution in [0.25, 0.3) is 22.1 Å². The Kier molecular flexibility index (Phi) is 4.14. The summed E-state index contributed by atoms with van der Waals surface area (Å²) < 4.78 is 20.4. The number of carbonyl (C=O) groups is 2. The van der Waals surface area contributed by atoms with Crippen LogP contribution in [0.5, 0.6) is 5.75 Å². The van der Waals surface area contributed by atoms with Crippen molar-refractivity contribution in [3.05, 3.63) is 52.3 Å². The Morgan fingerprint density at radius 2 is 1.88 bits per heavy atom. The van der Waals surface area contributed by atoms with E-state index in [1.165, 1.54) is 44.6 Å². The molecule has 0 aliphatic heterocycles. The number of benzene rings is 1. The minimum atomic E-state index is -0.634. The number of ether oxygens (including phenoxy) is 2. The van der Waals surface area contributed by atoms with Crippen LogP contribution in [0.3, 0.4) is 0 Å². The van der Waals surface area contributed by atoms with Crippen molar-refractivity contribution in [2.75, 3.05) is 7.11 Å². The van der Waals surface area contributed by atoms with Crippen molar-refractivity contribution in [3.8, 4) is 16.9 Å². The molecule has 2 heterocycles. The molecular formula is C18H14O7. The highest BCUT2D eigenvalue weighted by molar-refractivity contribution is 5.89. The Labute approximate surface area is 141 Å². The fraction of sp³-hybridized carbons (Fsp3) is 0.167. The van der Waals surface area contributed by atoms with Crippen molar-refractivity contribution < 1.29 is 27.9 Å². The minimum absolute atomic E-state index is 0.000275. The maximum atomic E-state index is 12.7. The third-order valence-electron chi connectivity index (χ3n) is 3.60. The zero-order chi connectivity index (χ0) is 18.1. The van der Waals surface area contributed by atoms with Crippen molar-refractivity contribution in [1.29, 1.82) is 0 Å². The van der Waals surface area contributed by atoms with E-state index in [1.807, 2.05) is 0 Å². The van der Waals surface area contributed by atoms with Crippen LogP contribution >= 0.6 is 0 Å². The van der Waals surface area contributed by atoms with E-state index >= 15 is 0 Å². The number of furan rings is 1. The molecule has 0 saturated heterocycles. The molecule has 0 bridgehead atoms. The van der Waals surface area contributed by atoms with Gasteiger partial charge in [0.05, 0.1) is 18.1 Å². The highest BCUT2D eigenvalue weighted by Gasteiger charge is 2.19. The average Bonchev–Trinajstić information content (AvgIpc) is 2.95. The molecule has 128 valence electrons. The molecule has 0 N–H and O–H groups in total. The molecule has 25 heavy (non-hydrogen) atoms. The standard InChI is InChI=1S/C18H14O7/c1-9-13(7-16(24-9)18(21)22-3)14-8-23-15-6-11(25-10(2)19)4-5-12(15)17(14)20/h4-8H,1-3H3. The van der Waals surface area contributed by atoms with E-state index in [2.05, 4.69) is 4.74 Å². The summed E-state index contributed by atoms with van der Waals surface area (Å²) in [5, 5.41) is 0.314. The monoisotopic (exact) mass is 342 g/mol. The second-order valence-electron chi connectivity index (χ2n) is 5.30. The second-order valence-corrected chi connectivity index (χ2v) is 5.30. The molecule has 0 saturated carbocycles. The molecule has 3 aromatic rings. The molecule has 0 atom stereocenters. The quantitative estimate of drug-likeness (QED) is 0.533. The van der Waals surface area contributed by atoms with Gasteiger partial charge in [-0.15, -0.1) is 0 Å². The summed E-state index contributed by atoms with van der Waals surface area (Å²) in [5.41, 5.74) is 0.682. The molecule has 0 radical (unpaired) electrons. The highest BCUT2D eigenvalue weighted by Crippen LogP contribution is 2.27. The van der Waals surface area contributed by atoms with Gasteiger partial charge in [-0.25, -0.2) is 4.79 Å². The number of hydrogen-bond acceptors (Lipinski definition) is 7. The van der Waals surface area contributed by atoms with Crippen LogP contribution in [0.2, 0.25) is 0 Å². The van der Waals surface area contributed by atoms with Crippen LogP contribution < -0.4 is 10.2 Å². The fourth-order valence-electron chi connectivity index (χ4n) is 2.47. The molecule has 0 amide bonds. The predicted octanol–water partition coefficient (Wildman–Crippen LogP) is 3.07. The SMILES string of the molecule is COC(=O)c1cc(-c2coc3cc(OC(C)=O)ccc3c2=O)c(C)o1. The van der Waals surface area contributed by atoms with Crippen molar-refractivity contribution in [3.63, 3.8) is 0 Å². The summed E-state index contributed by atoms with van der Waals surface area (Å²) in [5.74, 6) is -0.431. The summed E-state index contributed by atoms with van der Waals surface area (Å²) in [4.78, 5) is 35.3. The van der Waals surface area contributed by atoms with Gasteiger partial charge in [0.2, 0.25) is 11.2 Å². The lowest BCUT2D eigenvalue weighted by molar-refractivity contribution is -0.131. The van der Waals surface area contributed by atoms with E-state index in [0.717, 1.165) is 0 Å². The zero-order valence-electron chi connectivity index (χ0n) is 13.7. The molecule has 2 aromatic heterocycles. The molecule has 7 nitrogen and oxygen atoms in total. The van der Waals surface area contributed by atoms with Gasteiger partial charge in [0.15, 0.2) is 0 Å². The molecule has 0 aliphatic carbocycles. The lowest BCUT2D eigenvalue weighted by Crippen LogP contribution is -2.06. The number of aryl methyl sites for hydroxylation is 1. The van der Waals surface area contributed by atoms with Gasteiger partial charge in [-0.1, -0.05) is 0 Å². The maximum Gasteiger partial charge on any atom is 0.373 e. The fourth-order valence-corrected chi connectivity index (χ4v) is 2.47. The van der Waals surface area contributed by atoms with Crippen molar-refractivity contribution in [2.45, 2.75) is 13.8 Å². The van der Waals surface area contributed by atoms with Crippen LogP contribution in [-0.2, 0) is 9.53 Å². The Morgan fingerprint density at radius 3 is 2.56 bits per heavy atom. The lowest BCUT2D eigenvalue weighted by Gasteiger charge is -2.04. The minimum Gasteiger partial charge on any atom is -0.463 e. The molecule has 0 aliphatic rings. The van der Waals surface area contributed by atoms with Gasteiger partial charge in [-0.3, -0.25) is 9.59 Å². The average molecular weight is 342 g/mol. The predicted molar refractivity (Wildman–Crippen MR) is 87.6 cm³/mol. The molecule has 1 aromatic carbocycles. The Bertz CT molecular complexity index is 1040. The van der Waals surface area contributed by atoms with Crippen molar-refractivity contribution in [2.24, 2.45) is 0 Å². The first kappa shape index (κ1) is 16.5. The van der Waals surface area contributed by atoms with E-state index in [1.54, 1.807) is 6.92 Å². The first-order valence-corrected chi connectivity index (χ1v) is 7.34. The van der Waals surface area contributed by atoms with Crippen LogP contribution in [0.4, 0.5) is 0 Å². The van der Waals surface area contributed by atoms with Gasteiger partial charge in [0.1, 0.15) is 23.4 Å². The molecule has 3 rings (SSSR count). The van der Waals surface area contributed by atoms with E-state index in [0.29, 0.717) is 16.7 Å². The molecule has 0 fully saturated rings. The van der Waals surface area contributed by atoms with Crippen LogP contribution in [0.1, 0.15) is 23.2 Å². The third-order valence-corrected chi connectivity index (χ3v) is 3.60. The molecule has 7 heteroatoms. The number of carbonyl (C=O) groups excluding carboxylic acids is 2. The third kappa shape index (κ3) is 3.03. The van der Waals surface area contributed by atoms with Gasteiger partial charge < -0.3 is 18.3 Å². The van der Waals surface area contributed by atoms with Gasteiger partial charge >= 0.3 is 11.9 Å². The highest BCUT2D eigenvalue weighted by atomic mass is 16.5. The largest absolute Gasteiger partial charge is 0.463 e. The van der Waals surface area contributed by atoms with Crippen LogP contribution in [0, 0.1) is 6.92 Å². The maximum absolute atomic E-state index is 12.7. The summed E-state index contributed by atoms with van der Waals surface area (Å²) in [6, 6.07) is 5.92. The number of rotatable bonds is 3. The first-order chi connectivity index (χ1) is 11.9. The van der Waals surface area contributed by atoms with Crippen LogP contribution in [-0.4, -0.2) is 19.0 Å². The second kappa shape index (κ2) is 6.27. The smallest absolute Gasteiger partial charge is 0.373 e. The first-order valence-electron chi connectivity index (χ1n) is 7.34. The van der Waals surface area contributed by atoms with Gasteiger partial charge in [0, 0.05) is 18.6 Å². The Morgan fingerprint density at radius 1 is 1.12 bits per heavy atom. The summed E-state index contributed by atoms with van der Waals surface area (Å²) in [7, 11) is 1.24. The molecular weight excluding hydrogens is 328 g/mol. The number of fused-ring (bicyclic) bond motifs is 1. The molecule has 0 unspecified atom stereocenters. The normalized spacial score (nSPS) is 10.7. The zero-order valence-corrected chi connectivity index (χ0v) is 13.7.